The van der Waals surface area contributed by atoms with Gasteiger partial charge in [0.2, 0.25) is 0 Å². The minimum atomic E-state index is -6.06. The minimum absolute atomic E-state index is 0. The number of unbranched alkanes of at least 4 members (excludes halogenated alkanes) is 20. The van der Waals surface area contributed by atoms with Gasteiger partial charge >= 0.3 is 128 Å². The van der Waals surface area contributed by atoms with E-state index in [-0.39, 0.29) is 121 Å². The van der Waals surface area contributed by atoms with Gasteiger partial charge in [-0.15, -0.1) is 0 Å². The number of anilines is 1. The second-order valence-corrected chi connectivity index (χ2v) is 18.5. The quantitative estimate of drug-likeness (QED) is 0.0353. The van der Waals surface area contributed by atoms with Gasteiger partial charge in [0.05, 0.1) is 32.9 Å². The van der Waals surface area contributed by atoms with Crippen molar-refractivity contribution in [3.05, 3.63) is 22.9 Å². The van der Waals surface area contributed by atoms with Gasteiger partial charge in [-0.2, -0.15) is 4.98 Å². The molecule has 0 amide bonds. The van der Waals surface area contributed by atoms with E-state index >= 15 is 0 Å². The molecule has 1 fully saturated rings. The number of esters is 2. The van der Waals surface area contributed by atoms with Gasteiger partial charge in [0.1, 0.15) is 24.9 Å². The summed E-state index contributed by atoms with van der Waals surface area (Å²) in [6.45, 7) is 1.96. The van der Waals surface area contributed by atoms with Crippen LogP contribution in [0.3, 0.4) is 0 Å². The maximum absolute atomic E-state index is 13.5. The zero-order valence-corrected chi connectivity index (χ0v) is 45.7. The molecule has 1 aromatic heterocycles. The third kappa shape index (κ3) is 29.0. The maximum Gasteiger partial charge on any atom is 1.00 e. The average molecular weight is 974 g/mol. The summed E-state index contributed by atoms with van der Waals surface area (Å²) >= 11 is 0. The standard InChI is InChI=1S/C40H73N3O15P2.2K/c1-3-5-7-9-11-13-15-17-19-21-23-25-35(44)53-29-33(56-36(45)26-24-22-20-18-16-14-12-10-8-6-4-2)30-54-60(52,58-59(49,50)51)55-31-34-37(46)38(47)39(57-34)43-28-32(41)27-42-40(43)48;;/h27-28,33-34,37-39,46-47H,3-26,29-31,41H2,1-2H3,(H2,49,50,51);;/q;2*+1/p-2/t33-,34-,37-,38-,39-,60?;;/m1../s1. The molecule has 0 spiro atoms. The van der Waals surface area contributed by atoms with Gasteiger partial charge in [-0.05, 0) is 12.8 Å². The summed E-state index contributed by atoms with van der Waals surface area (Å²) < 4.78 is 56.6. The predicted molar refractivity (Wildman–Crippen MR) is 220 cm³/mol. The van der Waals surface area contributed by atoms with Crippen LogP contribution < -0.4 is 124 Å². The Labute approximate surface area is 453 Å². The van der Waals surface area contributed by atoms with E-state index in [1.807, 2.05) is 0 Å². The van der Waals surface area contributed by atoms with Crippen LogP contribution in [0.5, 0.6) is 0 Å². The molecule has 1 unspecified atom stereocenters. The number of carbonyl (C=O) groups is 2. The van der Waals surface area contributed by atoms with Gasteiger partial charge in [-0.1, -0.05) is 142 Å². The number of nitrogens with zero attached hydrogens (tertiary/aromatic N) is 2. The largest absolute Gasteiger partial charge is 1.00 e. The molecule has 18 nitrogen and oxygen atoms in total. The van der Waals surface area contributed by atoms with E-state index in [9.17, 15) is 43.5 Å². The molecule has 1 aliphatic rings. The summed E-state index contributed by atoms with van der Waals surface area (Å²) in [5, 5.41) is 21.1. The van der Waals surface area contributed by atoms with Crippen molar-refractivity contribution in [3.8, 4) is 0 Å². The Hall–Kier alpha value is 1.03. The fraction of sp³-hybridized carbons (Fsp3) is 0.850. The van der Waals surface area contributed by atoms with Crippen molar-refractivity contribution in [2.75, 3.05) is 25.6 Å². The first-order chi connectivity index (χ1) is 28.7. The zero-order valence-electron chi connectivity index (χ0n) is 37.7. The number of nitrogens with two attached hydrogens (primary N) is 1. The van der Waals surface area contributed by atoms with Crippen molar-refractivity contribution in [1.82, 2.24) is 9.55 Å². The van der Waals surface area contributed by atoms with E-state index in [4.69, 9.17) is 29.0 Å². The molecule has 1 aliphatic heterocycles. The summed E-state index contributed by atoms with van der Waals surface area (Å²) in [5.74, 6) is -1.25. The number of nitrogen functional groups attached to an aromatic ring is 1. The second kappa shape index (κ2) is 37.0. The minimum Gasteiger partial charge on any atom is -0.789 e. The Balaban J connectivity index is 0.0000186. The number of phosphoric ester groups is 1. The Morgan fingerprint density at radius 1 is 0.758 bits per heavy atom. The number of aliphatic hydroxyl groups excluding tert-OH is 2. The third-order valence-corrected chi connectivity index (χ3v) is 12.7. The smallest absolute Gasteiger partial charge is 0.789 e. The summed E-state index contributed by atoms with van der Waals surface area (Å²) in [6, 6.07) is 0. The Morgan fingerprint density at radius 2 is 1.23 bits per heavy atom. The molecule has 348 valence electrons. The molecule has 0 bridgehead atoms. The topological polar surface area (TPSA) is 271 Å². The van der Waals surface area contributed by atoms with Crippen LogP contribution in [0.2, 0.25) is 0 Å². The number of carbonyl (C=O) groups excluding carboxylic acids is 2. The van der Waals surface area contributed by atoms with E-state index in [0.29, 0.717) is 12.8 Å². The van der Waals surface area contributed by atoms with Crippen molar-refractivity contribution in [3.63, 3.8) is 0 Å². The molecule has 62 heavy (non-hydrogen) atoms. The van der Waals surface area contributed by atoms with Gasteiger partial charge in [0, 0.05) is 19.0 Å². The first-order valence-electron chi connectivity index (χ1n) is 22.0. The second-order valence-electron chi connectivity index (χ2n) is 15.6. The summed E-state index contributed by atoms with van der Waals surface area (Å²) in [7, 11) is -11.4. The number of phosphoric acid groups is 2. The van der Waals surface area contributed by atoms with E-state index in [1.165, 1.54) is 77.0 Å². The van der Waals surface area contributed by atoms with E-state index in [0.717, 1.165) is 68.3 Å². The maximum atomic E-state index is 13.5. The van der Waals surface area contributed by atoms with Gasteiger partial charge in [-0.25, -0.2) is 9.36 Å². The zero-order chi connectivity index (χ0) is 44.2. The molecule has 0 aromatic carbocycles. The van der Waals surface area contributed by atoms with E-state index in [2.05, 4.69) is 23.1 Å². The van der Waals surface area contributed by atoms with Crippen molar-refractivity contribution in [2.24, 2.45) is 0 Å². The molecule has 0 radical (unpaired) electrons. The van der Waals surface area contributed by atoms with Crippen LogP contribution in [0, 0.1) is 0 Å². The van der Waals surface area contributed by atoms with Crippen LogP contribution in [0.15, 0.2) is 17.2 Å². The van der Waals surface area contributed by atoms with Crippen molar-refractivity contribution >= 4 is 33.3 Å². The van der Waals surface area contributed by atoms with Crippen molar-refractivity contribution < 1.29 is 169 Å². The first kappa shape index (κ1) is 63.0. The molecule has 0 aliphatic carbocycles. The molecular formula is C40H71K2N3O15P2. The van der Waals surface area contributed by atoms with Crippen molar-refractivity contribution in [2.45, 2.75) is 199 Å². The summed E-state index contributed by atoms with van der Waals surface area (Å²) in [4.78, 5) is 64.5. The predicted octanol–water partition coefficient (Wildman–Crippen LogP) is 0.297. The van der Waals surface area contributed by atoms with Gasteiger partial charge in [0.25, 0.3) is 0 Å². The van der Waals surface area contributed by atoms with Gasteiger partial charge < -0.3 is 44.5 Å². The number of rotatable bonds is 36. The van der Waals surface area contributed by atoms with Gasteiger partial charge in [0.15, 0.2) is 12.3 Å². The van der Waals surface area contributed by atoms with Crippen LogP contribution in [0.1, 0.15) is 174 Å². The molecule has 4 N–H and O–H groups in total. The molecule has 1 aromatic rings. The monoisotopic (exact) mass is 973 g/mol. The Morgan fingerprint density at radius 3 is 1.71 bits per heavy atom. The van der Waals surface area contributed by atoms with Crippen LogP contribution >= 0.6 is 15.6 Å². The molecule has 6 atom stereocenters. The average Bonchev–Trinajstić information content (AvgIpc) is 3.48. The molecule has 1 saturated heterocycles. The van der Waals surface area contributed by atoms with Crippen LogP contribution in [-0.4, -0.2) is 75.9 Å². The van der Waals surface area contributed by atoms with E-state index in [1.54, 1.807) is 0 Å². The van der Waals surface area contributed by atoms with Crippen LogP contribution in [0.25, 0.3) is 0 Å². The molecule has 22 heteroatoms. The Kier molecular flexibility index (Phi) is 37.6. The fourth-order valence-corrected chi connectivity index (χ4v) is 8.87. The molecular weight excluding hydrogens is 903 g/mol. The number of aliphatic hydroxyl groups is 2. The Bertz CT molecular complexity index is 1510. The number of aromatic nitrogens is 2. The number of hydrogen-bond donors (Lipinski definition) is 3. The third-order valence-electron chi connectivity index (χ3n) is 10.2. The fourth-order valence-electron chi connectivity index (χ4n) is 6.76. The normalized spacial score (nSPS) is 18.9. The first-order valence-corrected chi connectivity index (χ1v) is 24.9. The SMILES string of the molecule is CCCCCCCCCCCCCC(=O)OC[C@H](COP(=O)(OC[C@H]1O[C@@H](n2cc(N)cnc2=O)[C@H](O)[C@@H]1O)OP(=O)([O-])[O-])OC(=O)CCCCCCCCCCCCC.[K+].[K+]. The van der Waals surface area contributed by atoms with E-state index < -0.39 is 83.7 Å². The molecule has 0 saturated carbocycles. The van der Waals surface area contributed by atoms with Crippen LogP contribution in [0.4, 0.5) is 5.69 Å². The number of ether oxygens (including phenoxy) is 3. The van der Waals surface area contributed by atoms with Gasteiger partial charge in [-0.3, -0.25) is 27.5 Å². The summed E-state index contributed by atoms with van der Waals surface area (Å²) in [5.41, 5.74) is 4.81. The molecule has 2 rings (SSSR count). The summed E-state index contributed by atoms with van der Waals surface area (Å²) in [6.07, 6.45) is 18.1. The molecule has 2 heterocycles. The van der Waals surface area contributed by atoms with Crippen LogP contribution in [-0.2, 0) is 46.3 Å². The van der Waals surface area contributed by atoms with Crippen molar-refractivity contribution in [1.29, 1.82) is 0 Å². The number of hydrogen-bond acceptors (Lipinski definition) is 17.